The van der Waals surface area contributed by atoms with Gasteiger partial charge >= 0.3 is 6.18 Å². The number of nitrogens with one attached hydrogen (secondary N) is 1. The van der Waals surface area contributed by atoms with Crippen LogP contribution in [0, 0.1) is 6.92 Å². The fourth-order valence-electron chi connectivity index (χ4n) is 3.29. The summed E-state index contributed by atoms with van der Waals surface area (Å²) in [6, 6.07) is 8.90. The van der Waals surface area contributed by atoms with Crippen LogP contribution in [-0.2, 0) is 10.4 Å². The van der Waals surface area contributed by atoms with E-state index in [0.29, 0.717) is 11.4 Å². The molecular weight excluding hydrogens is 428 g/mol. The molecule has 10 heteroatoms. The quantitative estimate of drug-likeness (QED) is 0.570. The molecule has 4 rings (SSSR count). The summed E-state index contributed by atoms with van der Waals surface area (Å²) >= 11 is 11.8. The molecule has 0 radical (unpaired) electrons. The third-order valence-electron chi connectivity index (χ3n) is 4.74. The molecule has 1 atom stereocenters. The van der Waals surface area contributed by atoms with E-state index in [1.807, 2.05) is 6.92 Å². The molecule has 1 aromatic heterocycles. The number of benzene rings is 2. The maximum absolute atomic E-state index is 14.1. The molecule has 1 aliphatic rings. The van der Waals surface area contributed by atoms with Gasteiger partial charge in [-0.25, -0.2) is 4.98 Å². The fourth-order valence-corrected chi connectivity index (χ4v) is 3.82. The molecule has 150 valence electrons. The Bertz CT molecular complexity index is 1080. The second-order valence-electron chi connectivity index (χ2n) is 6.65. The van der Waals surface area contributed by atoms with Crippen LogP contribution in [0.4, 0.5) is 13.2 Å². The fraction of sp³-hybridized carbons (Fsp3) is 0.211. The molecule has 2 heterocycles. The van der Waals surface area contributed by atoms with Gasteiger partial charge in [0, 0.05) is 27.6 Å². The summed E-state index contributed by atoms with van der Waals surface area (Å²) in [5, 5.41) is 10.5. The number of halogens is 5. The van der Waals surface area contributed by atoms with Crippen LogP contribution in [0.1, 0.15) is 23.1 Å². The topological polar surface area (TPSA) is 63.2 Å². The van der Waals surface area contributed by atoms with Crippen LogP contribution < -0.4 is 0 Å². The van der Waals surface area contributed by atoms with Crippen LogP contribution in [0.3, 0.4) is 0 Å². The van der Waals surface area contributed by atoms with Crippen molar-refractivity contribution in [1.29, 1.82) is 0 Å². The first kappa shape index (κ1) is 19.7. The van der Waals surface area contributed by atoms with Gasteiger partial charge in [-0.15, -0.1) is 0 Å². The van der Waals surface area contributed by atoms with Gasteiger partial charge in [-0.3, -0.25) is 5.10 Å². The molecule has 1 aliphatic heterocycles. The molecule has 0 saturated heterocycles. The molecule has 1 unspecified atom stereocenters. The molecular formula is C19H13Cl2F3N4O. The van der Waals surface area contributed by atoms with E-state index in [1.54, 1.807) is 18.2 Å². The van der Waals surface area contributed by atoms with Crippen molar-refractivity contribution in [3.8, 4) is 11.4 Å². The van der Waals surface area contributed by atoms with Crippen LogP contribution in [0.15, 0.2) is 47.9 Å². The molecule has 3 aromatic rings. The minimum atomic E-state index is -4.74. The minimum absolute atomic E-state index is 0.0837. The average molecular weight is 441 g/mol. The van der Waals surface area contributed by atoms with E-state index in [2.05, 4.69) is 20.3 Å². The molecule has 29 heavy (non-hydrogen) atoms. The van der Waals surface area contributed by atoms with Crippen molar-refractivity contribution in [2.24, 2.45) is 5.16 Å². The lowest BCUT2D eigenvalue weighted by atomic mass is 9.86. The molecule has 0 saturated carbocycles. The predicted octanol–water partition coefficient (Wildman–Crippen LogP) is 5.67. The number of aryl methyl sites for hydroxylation is 1. The highest BCUT2D eigenvalue weighted by atomic mass is 35.5. The molecule has 0 bridgehead atoms. The summed E-state index contributed by atoms with van der Waals surface area (Å²) in [6.07, 6.45) is -3.86. The van der Waals surface area contributed by atoms with Crippen LogP contribution in [0.5, 0.6) is 0 Å². The Balaban J connectivity index is 1.71. The highest BCUT2D eigenvalue weighted by Crippen LogP contribution is 2.49. The molecule has 0 spiro atoms. The SMILES string of the molecule is Cc1cc(C2=NOC(c3cc(Cl)cc(Cl)c3)(C(F)(F)F)C2)ccc1-c1ncn[nH]1. The zero-order valence-corrected chi connectivity index (χ0v) is 16.4. The van der Waals surface area contributed by atoms with Crippen LogP contribution in [-0.4, -0.2) is 27.1 Å². The van der Waals surface area contributed by atoms with Gasteiger partial charge < -0.3 is 4.84 Å². The summed E-state index contributed by atoms with van der Waals surface area (Å²) in [6.45, 7) is 1.82. The normalized spacial score (nSPS) is 19.2. The molecule has 5 nitrogen and oxygen atoms in total. The second kappa shape index (κ2) is 7.03. The first-order valence-corrected chi connectivity index (χ1v) is 9.20. The van der Waals surface area contributed by atoms with Crippen LogP contribution in [0.2, 0.25) is 10.0 Å². The predicted molar refractivity (Wildman–Crippen MR) is 103 cm³/mol. The smallest absolute Gasteiger partial charge is 0.374 e. The Morgan fingerprint density at radius 3 is 2.41 bits per heavy atom. The van der Waals surface area contributed by atoms with E-state index in [9.17, 15) is 13.2 Å². The van der Waals surface area contributed by atoms with E-state index in [1.165, 1.54) is 24.5 Å². The number of oxime groups is 1. The number of H-pyrrole nitrogens is 1. The molecule has 0 fully saturated rings. The van der Waals surface area contributed by atoms with Gasteiger partial charge in [0.2, 0.25) is 0 Å². The van der Waals surface area contributed by atoms with Crippen molar-refractivity contribution in [3.63, 3.8) is 0 Å². The number of aromatic nitrogens is 3. The number of rotatable bonds is 3. The van der Waals surface area contributed by atoms with Crippen molar-refractivity contribution in [2.45, 2.75) is 25.1 Å². The van der Waals surface area contributed by atoms with E-state index in [0.717, 1.165) is 11.1 Å². The van der Waals surface area contributed by atoms with Crippen molar-refractivity contribution >= 4 is 28.9 Å². The second-order valence-corrected chi connectivity index (χ2v) is 7.53. The maximum atomic E-state index is 14.1. The van der Waals surface area contributed by atoms with Gasteiger partial charge in [-0.1, -0.05) is 40.5 Å². The molecule has 2 aromatic carbocycles. The van der Waals surface area contributed by atoms with Crippen LogP contribution in [0.25, 0.3) is 11.4 Å². The van der Waals surface area contributed by atoms with Gasteiger partial charge in [0.25, 0.3) is 5.60 Å². The zero-order valence-electron chi connectivity index (χ0n) is 14.9. The standard InChI is InChI=1S/C19H13Cl2F3N4O/c1-10-4-11(2-3-15(10)17-25-9-26-27-17)16-8-18(29-28-16,19(22,23)24)12-5-13(20)7-14(21)6-12/h2-7,9H,8H2,1H3,(H,25,26,27). The summed E-state index contributed by atoms with van der Waals surface area (Å²) in [5.74, 6) is 0.567. The first-order valence-electron chi connectivity index (χ1n) is 8.45. The summed E-state index contributed by atoms with van der Waals surface area (Å²) in [7, 11) is 0. The molecule has 1 N–H and O–H groups in total. The van der Waals surface area contributed by atoms with Crippen molar-refractivity contribution in [1.82, 2.24) is 15.2 Å². The van der Waals surface area contributed by atoms with E-state index in [-0.39, 0.29) is 21.3 Å². The largest absolute Gasteiger partial charge is 0.435 e. The molecule has 0 aliphatic carbocycles. The minimum Gasteiger partial charge on any atom is -0.374 e. The highest BCUT2D eigenvalue weighted by Gasteiger charge is 2.62. The Labute approximate surface area is 173 Å². The maximum Gasteiger partial charge on any atom is 0.435 e. The van der Waals surface area contributed by atoms with Crippen LogP contribution >= 0.6 is 23.2 Å². The third-order valence-corrected chi connectivity index (χ3v) is 5.18. The number of aromatic amines is 1. The third kappa shape index (κ3) is 3.47. The van der Waals surface area contributed by atoms with Gasteiger partial charge in [0.05, 0.1) is 5.71 Å². The average Bonchev–Trinajstić information content (AvgIpc) is 3.31. The number of hydrogen-bond acceptors (Lipinski definition) is 4. The number of alkyl halides is 3. The summed E-state index contributed by atoms with van der Waals surface area (Å²) < 4.78 is 42.2. The van der Waals surface area contributed by atoms with Gasteiger partial charge in [-0.2, -0.15) is 18.3 Å². The monoisotopic (exact) mass is 440 g/mol. The Kier molecular flexibility index (Phi) is 4.78. The number of hydrogen-bond donors (Lipinski definition) is 1. The first-order chi connectivity index (χ1) is 13.7. The van der Waals surface area contributed by atoms with E-state index in [4.69, 9.17) is 28.0 Å². The van der Waals surface area contributed by atoms with Gasteiger partial charge in [0.15, 0.2) is 5.82 Å². The van der Waals surface area contributed by atoms with Crippen molar-refractivity contribution < 1.29 is 18.0 Å². The lowest BCUT2D eigenvalue weighted by Crippen LogP contribution is -2.42. The Morgan fingerprint density at radius 2 is 1.83 bits per heavy atom. The molecule has 0 amide bonds. The lowest BCUT2D eigenvalue weighted by molar-refractivity contribution is -0.275. The highest BCUT2D eigenvalue weighted by molar-refractivity contribution is 6.34. The Hall–Kier alpha value is -2.58. The lowest BCUT2D eigenvalue weighted by Gasteiger charge is -2.29. The van der Waals surface area contributed by atoms with Crippen molar-refractivity contribution in [3.05, 3.63) is 69.5 Å². The summed E-state index contributed by atoms with van der Waals surface area (Å²) in [4.78, 5) is 9.12. The number of nitrogens with zero attached hydrogens (tertiary/aromatic N) is 3. The van der Waals surface area contributed by atoms with Crippen molar-refractivity contribution in [2.75, 3.05) is 0 Å². The van der Waals surface area contributed by atoms with Gasteiger partial charge in [-0.05, 0) is 42.3 Å². The zero-order chi connectivity index (χ0) is 20.8. The van der Waals surface area contributed by atoms with Gasteiger partial charge in [0.1, 0.15) is 6.33 Å². The van der Waals surface area contributed by atoms with E-state index < -0.39 is 18.2 Å². The summed E-state index contributed by atoms with van der Waals surface area (Å²) in [5.41, 5.74) is -0.576. The Morgan fingerprint density at radius 1 is 1.10 bits per heavy atom. The van der Waals surface area contributed by atoms with E-state index >= 15 is 0 Å².